The number of thioether (sulfide) groups is 1. The SMILES string of the molecule is CSc1ccc(C(=O)C2(O)CCCC2)cc1. The molecule has 16 heavy (non-hydrogen) atoms. The number of hydrogen-bond donors (Lipinski definition) is 1. The lowest BCUT2D eigenvalue weighted by Gasteiger charge is -2.20. The van der Waals surface area contributed by atoms with Crippen LogP contribution in [0.5, 0.6) is 0 Å². The first-order valence-corrected chi connectivity index (χ1v) is 6.79. The third-order valence-corrected chi connectivity index (χ3v) is 3.95. The van der Waals surface area contributed by atoms with Crippen molar-refractivity contribution in [3.63, 3.8) is 0 Å². The van der Waals surface area contributed by atoms with Crippen LogP contribution >= 0.6 is 11.8 Å². The highest BCUT2D eigenvalue weighted by molar-refractivity contribution is 7.98. The Morgan fingerprint density at radius 3 is 2.31 bits per heavy atom. The van der Waals surface area contributed by atoms with E-state index >= 15 is 0 Å². The molecular weight excluding hydrogens is 220 g/mol. The smallest absolute Gasteiger partial charge is 0.194 e. The molecule has 1 saturated carbocycles. The van der Waals surface area contributed by atoms with E-state index in [0.717, 1.165) is 17.7 Å². The lowest BCUT2D eigenvalue weighted by atomic mass is 9.91. The second-order valence-electron chi connectivity index (χ2n) is 4.30. The predicted octanol–water partition coefficient (Wildman–Crippen LogP) is 2.90. The molecule has 0 bridgehead atoms. The van der Waals surface area contributed by atoms with E-state index in [9.17, 15) is 9.90 Å². The number of aliphatic hydroxyl groups is 1. The normalized spacial score (nSPS) is 18.6. The molecule has 1 fully saturated rings. The van der Waals surface area contributed by atoms with Crippen LogP contribution in [0.2, 0.25) is 0 Å². The Labute approximate surface area is 100 Å². The Hall–Kier alpha value is -0.800. The summed E-state index contributed by atoms with van der Waals surface area (Å²) in [6.07, 6.45) is 5.11. The average Bonchev–Trinajstić information content (AvgIpc) is 2.77. The van der Waals surface area contributed by atoms with Crippen molar-refractivity contribution in [2.75, 3.05) is 6.26 Å². The fourth-order valence-corrected chi connectivity index (χ4v) is 2.61. The standard InChI is InChI=1S/C13H16O2S/c1-16-11-6-4-10(5-7-11)12(14)13(15)8-2-3-9-13/h4-7,15H,2-3,8-9H2,1H3. The second kappa shape index (κ2) is 4.60. The third kappa shape index (κ3) is 2.15. The van der Waals surface area contributed by atoms with E-state index in [1.54, 1.807) is 11.8 Å². The molecule has 1 N–H and O–H groups in total. The molecule has 1 aromatic rings. The number of carbonyl (C=O) groups is 1. The van der Waals surface area contributed by atoms with Crippen LogP contribution in [0.4, 0.5) is 0 Å². The molecule has 2 rings (SSSR count). The Bertz CT molecular complexity index is 377. The minimum atomic E-state index is -1.10. The van der Waals surface area contributed by atoms with Crippen LogP contribution in [-0.4, -0.2) is 22.7 Å². The highest BCUT2D eigenvalue weighted by Gasteiger charge is 2.38. The van der Waals surface area contributed by atoms with E-state index in [1.807, 2.05) is 30.5 Å². The van der Waals surface area contributed by atoms with Crippen LogP contribution < -0.4 is 0 Å². The lowest BCUT2D eigenvalue weighted by molar-refractivity contribution is 0.0353. The molecule has 0 unspecified atom stereocenters. The van der Waals surface area contributed by atoms with Crippen molar-refractivity contribution in [2.24, 2.45) is 0 Å². The average molecular weight is 236 g/mol. The van der Waals surface area contributed by atoms with E-state index in [0.29, 0.717) is 18.4 Å². The summed E-state index contributed by atoms with van der Waals surface area (Å²) in [6.45, 7) is 0. The Morgan fingerprint density at radius 1 is 1.25 bits per heavy atom. The predicted molar refractivity (Wildman–Crippen MR) is 66.0 cm³/mol. The fraction of sp³-hybridized carbons (Fsp3) is 0.462. The molecule has 3 heteroatoms. The molecule has 0 atom stereocenters. The van der Waals surface area contributed by atoms with Crippen molar-refractivity contribution in [3.05, 3.63) is 29.8 Å². The summed E-state index contributed by atoms with van der Waals surface area (Å²) in [5.41, 5.74) is -0.469. The van der Waals surface area contributed by atoms with Crippen molar-refractivity contribution in [2.45, 2.75) is 36.2 Å². The van der Waals surface area contributed by atoms with Gasteiger partial charge in [0, 0.05) is 10.5 Å². The van der Waals surface area contributed by atoms with Gasteiger partial charge in [-0.1, -0.05) is 12.1 Å². The summed E-state index contributed by atoms with van der Waals surface area (Å²) in [4.78, 5) is 13.2. The summed E-state index contributed by atoms with van der Waals surface area (Å²) in [5.74, 6) is -0.113. The quantitative estimate of drug-likeness (QED) is 0.647. The number of Topliss-reactive ketones (excluding diaryl/α,β-unsaturated/α-hetero) is 1. The third-order valence-electron chi connectivity index (χ3n) is 3.21. The van der Waals surface area contributed by atoms with Gasteiger partial charge in [0.2, 0.25) is 0 Å². The van der Waals surface area contributed by atoms with Crippen LogP contribution in [0.3, 0.4) is 0 Å². The van der Waals surface area contributed by atoms with E-state index in [2.05, 4.69) is 0 Å². The molecule has 1 aromatic carbocycles. The van der Waals surface area contributed by atoms with Gasteiger partial charge in [-0.15, -0.1) is 11.8 Å². The Balaban J connectivity index is 2.20. The zero-order chi connectivity index (χ0) is 11.6. The number of hydrogen-bond acceptors (Lipinski definition) is 3. The topological polar surface area (TPSA) is 37.3 Å². The molecule has 0 aromatic heterocycles. The van der Waals surface area contributed by atoms with Crippen molar-refractivity contribution in [3.8, 4) is 0 Å². The number of ketones is 1. The molecule has 86 valence electrons. The molecule has 0 aliphatic heterocycles. The molecule has 0 amide bonds. The van der Waals surface area contributed by atoms with E-state index in [-0.39, 0.29) is 5.78 Å². The minimum absolute atomic E-state index is 0.113. The highest BCUT2D eigenvalue weighted by atomic mass is 32.2. The van der Waals surface area contributed by atoms with Gasteiger partial charge in [-0.3, -0.25) is 4.79 Å². The van der Waals surface area contributed by atoms with Gasteiger partial charge in [0.05, 0.1) is 0 Å². The first kappa shape index (κ1) is 11.7. The van der Waals surface area contributed by atoms with Gasteiger partial charge in [-0.25, -0.2) is 0 Å². The molecule has 0 heterocycles. The number of benzene rings is 1. The van der Waals surface area contributed by atoms with Gasteiger partial charge in [0.25, 0.3) is 0 Å². The maximum absolute atomic E-state index is 12.1. The zero-order valence-electron chi connectivity index (χ0n) is 9.40. The minimum Gasteiger partial charge on any atom is -0.382 e. The molecule has 1 aliphatic carbocycles. The van der Waals surface area contributed by atoms with Gasteiger partial charge in [0.1, 0.15) is 5.60 Å². The maximum Gasteiger partial charge on any atom is 0.194 e. The largest absolute Gasteiger partial charge is 0.382 e. The summed E-state index contributed by atoms with van der Waals surface area (Å²) in [6, 6.07) is 7.47. The second-order valence-corrected chi connectivity index (χ2v) is 5.18. The van der Waals surface area contributed by atoms with Gasteiger partial charge >= 0.3 is 0 Å². The van der Waals surface area contributed by atoms with Crippen molar-refractivity contribution < 1.29 is 9.90 Å². The Morgan fingerprint density at radius 2 is 1.81 bits per heavy atom. The van der Waals surface area contributed by atoms with Gasteiger partial charge < -0.3 is 5.11 Å². The van der Waals surface area contributed by atoms with Crippen LogP contribution in [0.15, 0.2) is 29.2 Å². The zero-order valence-corrected chi connectivity index (χ0v) is 10.2. The lowest BCUT2D eigenvalue weighted by Crippen LogP contribution is -2.35. The Kier molecular flexibility index (Phi) is 3.36. The number of carbonyl (C=O) groups excluding carboxylic acids is 1. The van der Waals surface area contributed by atoms with Crippen LogP contribution in [0.1, 0.15) is 36.0 Å². The summed E-state index contributed by atoms with van der Waals surface area (Å²) in [7, 11) is 0. The maximum atomic E-state index is 12.1. The molecule has 2 nitrogen and oxygen atoms in total. The number of rotatable bonds is 3. The van der Waals surface area contributed by atoms with Gasteiger partial charge in [-0.2, -0.15) is 0 Å². The van der Waals surface area contributed by atoms with E-state index in [4.69, 9.17) is 0 Å². The monoisotopic (exact) mass is 236 g/mol. The molecule has 1 aliphatic rings. The highest BCUT2D eigenvalue weighted by Crippen LogP contribution is 2.32. The van der Waals surface area contributed by atoms with Crippen molar-refractivity contribution in [1.82, 2.24) is 0 Å². The molecule has 0 spiro atoms. The first-order valence-electron chi connectivity index (χ1n) is 5.57. The fourth-order valence-electron chi connectivity index (χ4n) is 2.20. The molecule has 0 saturated heterocycles. The van der Waals surface area contributed by atoms with Crippen LogP contribution in [-0.2, 0) is 0 Å². The van der Waals surface area contributed by atoms with Crippen molar-refractivity contribution in [1.29, 1.82) is 0 Å². The van der Waals surface area contributed by atoms with Crippen LogP contribution in [0.25, 0.3) is 0 Å². The molecule has 0 radical (unpaired) electrons. The van der Waals surface area contributed by atoms with E-state index < -0.39 is 5.60 Å². The summed E-state index contributed by atoms with van der Waals surface area (Å²) in [5, 5.41) is 10.2. The van der Waals surface area contributed by atoms with Gasteiger partial charge in [0.15, 0.2) is 5.78 Å². The molecular formula is C13H16O2S. The summed E-state index contributed by atoms with van der Waals surface area (Å²) >= 11 is 1.65. The van der Waals surface area contributed by atoms with Gasteiger partial charge in [-0.05, 0) is 44.1 Å². The first-order chi connectivity index (χ1) is 7.65. The summed E-state index contributed by atoms with van der Waals surface area (Å²) < 4.78 is 0. The van der Waals surface area contributed by atoms with Crippen LogP contribution in [0, 0.1) is 0 Å². The van der Waals surface area contributed by atoms with E-state index in [1.165, 1.54) is 0 Å². The van der Waals surface area contributed by atoms with Crippen molar-refractivity contribution >= 4 is 17.5 Å².